The van der Waals surface area contributed by atoms with Crippen molar-refractivity contribution < 1.29 is 9.59 Å². The van der Waals surface area contributed by atoms with Crippen LogP contribution in [0.3, 0.4) is 0 Å². The van der Waals surface area contributed by atoms with Gasteiger partial charge in [-0.25, -0.2) is 0 Å². The molecule has 0 atom stereocenters. The van der Waals surface area contributed by atoms with Crippen molar-refractivity contribution in [1.82, 2.24) is 15.2 Å². The summed E-state index contributed by atoms with van der Waals surface area (Å²) in [6, 6.07) is 8.23. The van der Waals surface area contributed by atoms with Crippen molar-refractivity contribution in [2.24, 2.45) is 11.8 Å². The molecule has 2 aromatic rings. The van der Waals surface area contributed by atoms with Gasteiger partial charge in [0.1, 0.15) is 0 Å². The van der Waals surface area contributed by atoms with Gasteiger partial charge < -0.3 is 15.2 Å². The zero-order valence-electron chi connectivity index (χ0n) is 16.5. The molecule has 0 spiro atoms. The fraction of sp³-hybridized carbons (Fsp3) is 0.545. The molecule has 1 saturated heterocycles. The Morgan fingerprint density at radius 1 is 1.19 bits per heavy atom. The predicted molar refractivity (Wildman–Crippen MR) is 108 cm³/mol. The lowest BCUT2D eigenvalue weighted by molar-refractivity contribution is -0.139. The second-order valence-corrected chi connectivity index (χ2v) is 7.51. The Bertz CT molecular complexity index is 771. The first-order valence-electron chi connectivity index (χ1n) is 10.3. The first kappa shape index (κ1) is 19.5. The molecular formula is C22H31N3O2. The van der Waals surface area contributed by atoms with Crippen LogP contribution in [0.5, 0.6) is 0 Å². The number of piperidine rings is 1. The minimum atomic E-state index is 0.0266. The van der Waals surface area contributed by atoms with Gasteiger partial charge >= 0.3 is 0 Å². The van der Waals surface area contributed by atoms with Gasteiger partial charge in [0, 0.05) is 48.6 Å². The monoisotopic (exact) mass is 369 g/mol. The van der Waals surface area contributed by atoms with Crippen molar-refractivity contribution >= 4 is 22.7 Å². The molecule has 1 fully saturated rings. The number of nitrogens with zero attached hydrogens (tertiary/aromatic N) is 1. The third-order valence-corrected chi connectivity index (χ3v) is 5.88. The fourth-order valence-corrected chi connectivity index (χ4v) is 4.06. The number of rotatable bonds is 7. The lowest BCUT2D eigenvalue weighted by Gasteiger charge is -2.33. The van der Waals surface area contributed by atoms with Gasteiger partial charge in [0.25, 0.3) is 0 Å². The first-order valence-corrected chi connectivity index (χ1v) is 10.3. The van der Waals surface area contributed by atoms with E-state index >= 15 is 0 Å². The van der Waals surface area contributed by atoms with E-state index in [1.165, 1.54) is 10.9 Å². The maximum absolute atomic E-state index is 12.5. The average Bonchev–Trinajstić information content (AvgIpc) is 3.12. The normalized spacial score (nSPS) is 15.4. The molecule has 0 radical (unpaired) electrons. The second kappa shape index (κ2) is 9.07. The third kappa shape index (κ3) is 4.52. The number of carbonyl (C=O) groups excluding carboxylic acids is 2. The summed E-state index contributed by atoms with van der Waals surface area (Å²) in [6.07, 6.45) is 6.17. The van der Waals surface area contributed by atoms with E-state index in [4.69, 9.17) is 0 Å². The number of benzene rings is 1. The number of aromatic amines is 1. The zero-order valence-corrected chi connectivity index (χ0v) is 16.5. The molecule has 146 valence electrons. The number of H-pyrrole nitrogens is 1. The maximum atomic E-state index is 12.5. The minimum absolute atomic E-state index is 0.0266. The molecule has 1 aliphatic rings. The number of para-hydroxylation sites is 1. The van der Waals surface area contributed by atoms with Gasteiger partial charge in [-0.05, 0) is 43.7 Å². The Morgan fingerprint density at radius 3 is 2.59 bits per heavy atom. The van der Waals surface area contributed by atoms with E-state index in [2.05, 4.69) is 36.3 Å². The summed E-state index contributed by atoms with van der Waals surface area (Å²) in [4.78, 5) is 30.2. The lowest BCUT2D eigenvalue weighted by Crippen LogP contribution is -2.45. The number of likely N-dealkylation sites (tertiary alicyclic amines) is 1. The summed E-state index contributed by atoms with van der Waals surface area (Å²) in [7, 11) is 0. The Labute approximate surface area is 161 Å². The number of amides is 2. The van der Waals surface area contributed by atoms with Crippen LogP contribution >= 0.6 is 0 Å². The lowest BCUT2D eigenvalue weighted by atomic mass is 9.93. The fourth-order valence-electron chi connectivity index (χ4n) is 4.06. The van der Waals surface area contributed by atoms with Crippen LogP contribution in [0.1, 0.15) is 45.1 Å². The van der Waals surface area contributed by atoms with Gasteiger partial charge in [0.2, 0.25) is 11.8 Å². The Hall–Kier alpha value is -2.30. The molecule has 0 unspecified atom stereocenters. The van der Waals surface area contributed by atoms with Gasteiger partial charge in [0.05, 0.1) is 0 Å². The molecule has 0 saturated carbocycles. The van der Waals surface area contributed by atoms with E-state index in [1.807, 2.05) is 23.2 Å². The second-order valence-electron chi connectivity index (χ2n) is 7.51. The van der Waals surface area contributed by atoms with Gasteiger partial charge in [-0.3, -0.25) is 9.59 Å². The average molecular weight is 370 g/mol. The quantitative estimate of drug-likeness (QED) is 0.784. The predicted octanol–water partition coefficient (Wildman–Crippen LogP) is 3.50. The van der Waals surface area contributed by atoms with Gasteiger partial charge in [-0.15, -0.1) is 0 Å². The molecule has 0 aliphatic carbocycles. The first-order chi connectivity index (χ1) is 13.1. The van der Waals surface area contributed by atoms with Crippen LogP contribution in [-0.4, -0.2) is 41.3 Å². The molecule has 1 aromatic heterocycles. The third-order valence-electron chi connectivity index (χ3n) is 5.88. The highest BCUT2D eigenvalue weighted by molar-refractivity contribution is 5.83. The smallest absolute Gasteiger partial charge is 0.225 e. The topological polar surface area (TPSA) is 65.2 Å². The Morgan fingerprint density at radius 2 is 1.89 bits per heavy atom. The van der Waals surface area contributed by atoms with E-state index in [1.54, 1.807) is 0 Å². The maximum Gasteiger partial charge on any atom is 0.225 e. The summed E-state index contributed by atoms with van der Waals surface area (Å²) in [5.74, 6) is 0.549. The van der Waals surface area contributed by atoms with Gasteiger partial charge in [-0.1, -0.05) is 32.0 Å². The van der Waals surface area contributed by atoms with Crippen LogP contribution in [0.15, 0.2) is 30.5 Å². The number of hydrogen-bond donors (Lipinski definition) is 2. The molecular weight excluding hydrogens is 338 g/mol. The van der Waals surface area contributed by atoms with Crippen LogP contribution < -0.4 is 5.32 Å². The molecule has 2 heterocycles. The van der Waals surface area contributed by atoms with Crippen molar-refractivity contribution in [3.05, 3.63) is 36.0 Å². The van der Waals surface area contributed by atoms with Crippen LogP contribution in [0, 0.1) is 11.8 Å². The molecule has 5 nitrogen and oxygen atoms in total. The van der Waals surface area contributed by atoms with Gasteiger partial charge in [-0.2, -0.15) is 0 Å². The van der Waals surface area contributed by atoms with E-state index < -0.39 is 0 Å². The Balaban J connectivity index is 1.44. The Kier molecular flexibility index (Phi) is 6.54. The summed E-state index contributed by atoms with van der Waals surface area (Å²) in [6.45, 7) is 6.19. The minimum Gasteiger partial charge on any atom is -0.361 e. The van der Waals surface area contributed by atoms with Crippen LogP contribution in [0.2, 0.25) is 0 Å². The summed E-state index contributed by atoms with van der Waals surface area (Å²) in [5, 5.41) is 4.31. The standard InChI is InChI=1S/C22H31N3O2/c1-3-16(4-2)22(27)25-13-10-17(11-14-25)21(26)23-12-9-18-15-24-20-8-6-5-7-19(18)20/h5-8,15-17,24H,3-4,9-14H2,1-2H3,(H,23,26). The van der Waals surface area contributed by atoms with Crippen molar-refractivity contribution in [1.29, 1.82) is 0 Å². The van der Waals surface area contributed by atoms with Crippen molar-refractivity contribution in [3.8, 4) is 0 Å². The highest BCUT2D eigenvalue weighted by Gasteiger charge is 2.29. The summed E-state index contributed by atoms with van der Waals surface area (Å²) < 4.78 is 0. The molecule has 1 aliphatic heterocycles. The zero-order chi connectivity index (χ0) is 19.2. The molecule has 2 amide bonds. The number of nitrogens with one attached hydrogen (secondary N) is 2. The number of carbonyl (C=O) groups is 2. The van der Waals surface area contributed by atoms with E-state index in [-0.39, 0.29) is 23.7 Å². The SMILES string of the molecule is CCC(CC)C(=O)N1CCC(C(=O)NCCc2c[nH]c3ccccc23)CC1. The van der Waals surface area contributed by atoms with Crippen LogP contribution in [0.25, 0.3) is 10.9 Å². The summed E-state index contributed by atoms with van der Waals surface area (Å²) in [5.41, 5.74) is 2.37. The highest BCUT2D eigenvalue weighted by Crippen LogP contribution is 2.21. The number of aromatic nitrogens is 1. The molecule has 0 bridgehead atoms. The van der Waals surface area contributed by atoms with Crippen molar-refractivity contribution in [2.45, 2.75) is 46.0 Å². The van der Waals surface area contributed by atoms with Gasteiger partial charge in [0.15, 0.2) is 0 Å². The van der Waals surface area contributed by atoms with Crippen LogP contribution in [-0.2, 0) is 16.0 Å². The van der Waals surface area contributed by atoms with Crippen molar-refractivity contribution in [2.75, 3.05) is 19.6 Å². The molecule has 1 aromatic carbocycles. The largest absolute Gasteiger partial charge is 0.361 e. The molecule has 2 N–H and O–H groups in total. The number of hydrogen-bond acceptors (Lipinski definition) is 2. The molecule has 27 heavy (non-hydrogen) atoms. The summed E-state index contributed by atoms with van der Waals surface area (Å²) >= 11 is 0. The molecule has 3 rings (SSSR count). The van der Waals surface area contributed by atoms with E-state index in [0.717, 1.165) is 37.6 Å². The molecule has 5 heteroatoms. The van der Waals surface area contributed by atoms with Crippen molar-refractivity contribution in [3.63, 3.8) is 0 Å². The highest BCUT2D eigenvalue weighted by atomic mass is 16.2. The number of fused-ring (bicyclic) bond motifs is 1. The van der Waals surface area contributed by atoms with E-state index in [9.17, 15) is 9.59 Å². The van der Waals surface area contributed by atoms with Crippen LogP contribution in [0.4, 0.5) is 0 Å². The van der Waals surface area contributed by atoms with E-state index in [0.29, 0.717) is 19.6 Å².